The molecule has 0 spiro atoms. The lowest BCUT2D eigenvalue weighted by Crippen LogP contribution is -2.26. The van der Waals surface area contributed by atoms with Gasteiger partial charge in [-0.05, 0) is 55.7 Å². The van der Waals surface area contributed by atoms with Crippen LogP contribution in [0.4, 0.5) is 0 Å². The Bertz CT molecular complexity index is 394. The van der Waals surface area contributed by atoms with E-state index in [1.807, 2.05) is 24.3 Å². The summed E-state index contributed by atoms with van der Waals surface area (Å²) in [5.41, 5.74) is 0. The van der Waals surface area contributed by atoms with E-state index in [9.17, 15) is 0 Å². The number of hydrogen-bond donors (Lipinski definition) is 0. The van der Waals surface area contributed by atoms with Crippen molar-refractivity contribution in [1.29, 1.82) is 0 Å². The zero-order chi connectivity index (χ0) is 13.7. The van der Waals surface area contributed by atoms with E-state index in [-0.39, 0.29) is 0 Å². The predicted octanol–water partition coefficient (Wildman–Crippen LogP) is 5.81. The Morgan fingerprint density at radius 2 is 2.16 bits per heavy atom. The minimum absolute atomic E-state index is 0.682. The highest BCUT2D eigenvalue weighted by molar-refractivity contribution is 9.10. The molecule has 1 fully saturated rings. The van der Waals surface area contributed by atoms with Crippen LogP contribution in [-0.4, -0.2) is 11.4 Å². The average molecular weight is 390 g/mol. The molecule has 0 saturated heterocycles. The normalized spacial score (nSPS) is 27.2. The summed E-state index contributed by atoms with van der Waals surface area (Å²) in [4.78, 5) is 0.682. The summed E-state index contributed by atoms with van der Waals surface area (Å²) < 4.78 is 6.93. The molecule has 1 aliphatic rings. The van der Waals surface area contributed by atoms with Gasteiger partial charge in [0.15, 0.2) is 0 Å². The molecule has 0 aromatic heterocycles. The number of halogens is 2. The lowest BCUT2D eigenvalue weighted by Gasteiger charge is -2.32. The van der Waals surface area contributed by atoms with E-state index in [0.717, 1.165) is 35.1 Å². The minimum atomic E-state index is 0.682. The molecule has 1 saturated carbocycles. The smallest absolute Gasteiger partial charge is 0.120 e. The van der Waals surface area contributed by atoms with Crippen LogP contribution < -0.4 is 4.74 Å². The molecule has 0 heterocycles. The van der Waals surface area contributed by atoms with Crippen molar-refractivity contribution < 1.29 is 4.74 Å². The Kier molecular flexibility index (Phi) is 6.21. The third kappa shape index (κ3) is 4.78. The van der Waals surface area contributed by atoms with Crippen LogP contribution in [0.3, 0.4) is 0 Å². The summed E-state index contributed by atoms with van der Waals surface area (Å²) >= 11 is 7.32. The summed E-state index contributed by atoms with van der Waals surface area (Å²) in [5.74, 6) is 2.65. The van der Waals surface area contributed by atoms with Crippen molar-refractivity contribution in [3.8, 4) is 5.75 Å². The van der Waals surface area contributed by atoms with Crippen LogP contribution in [0.5, 0.6) is 5.75 Å². The molecule has 0 radical (unpaired) electrons. The number of alkyl halides is 1. The zero-order valence-corrected chi connectivity index (χ0v) is 14.6. The molecular weight excluding hydrogens is 368 g/mol. The number of hydrogen-bond acceptors (Lipinski definition) is 1. The standard InChI is InChI=1S/C16H22Br2O/c1-2-12-6-7-16(18)13(10-12)8-9-19-15-5-3-4-14(17)11-15/h3-5,11-13,16H,2,6-10H2,1H3. The summed E-state index contributed by atoms with van der Waals surface area (Å²) in [5, 5.41) is 0. The van der Waals surface area contributed by atoms with Crippen molar-refractivity contribution in [2.45, 2.75) is 43.9 Å². The topological polar surface area (TPSA) is 9.23 Å². The van der Waals surface area contributed by atoms with Crippen molar-refractivity contribution in [3.05, 3.63) is 28.7 Å². The molecule has 19 heavy (non-hydrogen) atoms. The van der Waals surface area contributed by atoms with Gasteiger partial charge in [-0.25, -0.2) is 0 Å². The van der Waals surface area contributed by atoms with Crippen molar-refractivity contribution in [1.82, 2.24) is 0 Å². The van der Waals surface area contributed by atoms with E-state index in [1.165, 1.54) is 25.7 Å². The molecule has 0 bridgehead atoms. The van der Waals surface area contributed by atoms with Crippen LogP contribution in [-0.2, 0) is 0 Å². The maximum atomic E-state index is 5.86. The van der Waals surface area contributed by atoms with Crippen LogP contribution in [0.1, 0.15) is 39.0 Å². The molecule has 1 aliphatic carbocycles. The maximum absolute atomic E-state index is 5.86. The highest BCUT2D eigenvalue weighted by Crippen LogP contribution is 2.37. The molecule has 0 N–H and O–H groups in total. The molecule has 3 unspecified atom stereocenters. The minimum Gasteiger partial charge on any atom is -0.494 e. The Morgan fingerprint density at radius 3 is 2.89 bits per heavy atom. The molecule has 2 rings (SSSR count). The van der Waals surface area contributed by atoms with Gasteiger partial charge in [-0.1, -0.05) is 51.3 Å². The lowest BCUT2D eigenvalue weighted by molar-refractivity contribution is 0.215. The van der Waals surface area contributed by atoms with Gasteiger partial charge in [-0.3, -0.25) is 0 Å². The van der Waals surface area contributed by atoms with E-state index < -0.39 is 0 Å². The first kappa shape index (κ1) is 15.4. The largest absolute Gasteiger partial charge is 0.494 e. The summed E-state index contributed by atoms with van der Waals surface area (Å²) in [7, 11) is 0. The van der Waals surface area contributed by atoms with Crippen LogP contribution >= 0.6 is 31.9 Å². The third-order valence-electron chi connectivity index (χ3n) is 4.13. The monoisotopic (exact) mass is 388 g/mol. The molecule has 0 aliphatic heterocycles. The van der Waals surface area contributed by atoms with Gasteiger partial charge in [0.25, 0.3) is 0 Å². The fourth-order valence-corrected chi connectivity index (χ4v) is 4.00. The molecule has 1 nitrogen and oxygen atoms in total. The molecule has 1 aromatic carbocycles. The van der Waals surface area contributed by atoms with Gasteiger partial charge in [0.2, 0.25) is 0 Å². The van der Waals surface area contributed by atoms with Crippen molar-refractivity contribution in [2.24, 2.45) is 11.8 Å². The van der Waals surface area contributed by atoms with Gasteiger partial charge in [0.05, 0.1) is 6.61 Å². The molecule has 3 atom stereocenters. The van der Waals surface area contributed by atoms with Crippen LogP contribution in [0, 0.1) is 11.8 Å². The Balaban J connectivity index is 1.78. The quantitative estimate of drug-likeness (QED) is 0.577. The Morgan fingerprint density at radius 1 is 1.32 bits per heavy atom. The van der Waals surface area contributed by atoms with Gasteiger partial charge < -0.3 is 4.74 Å². The van der Waals surface area contributed by atoms with Crippen LogP contribution in [0.2, 0.25) is 0 Å². The SMILES string of the molecule is CCC1CCC(Br)C(CCOc2cccc(Br)c2)C1. The van der Waals surface area contributed by atoms with Crippen LogP contribution in [0.15, 0.2) is 28.7 Å². The van der Waals surface area contributed by atoms with E-state index in [1.54, 1.807) is 0 Å². The lowest BCUT2D eigenvalue weighted by atomic mass is 9.79. The first-order valence-corrected chi connectivity index (χ1v) is 8.92. The Labute approximate surface area is 133 Å². The summed E-state index contributed by atoms with van der Waals surface area (Å²) in [6.07, 6.45) is 6.53. The van der Waals surface area contributed by atoms with Crippen LogP contribution in [0.25, 0.3) is 0 Å². The summed E-state index contributed by atoms with van der Waals surface area (Å²) in [6, 6.07) is 8.09. The van der Waals surface area contributed by atoms with E-state index in [2.05, 4.69) is 38.8 Å². The van der Waals surface area contributed by atoms with Crippen molar-refractivity contribution >= 4 is 31.9 Å². The first-order valence-electron chi connectivity index (χ1n) is 7.21. The first-order chi connectivity index (χ1) is 9.19. The van der Waals surface area contributed by atoms with Crippen molar-refractivity contribution in [2.75, 3.05) is 6.61 Å². The second kappa shape index (κ2) is 7.68. The van der Waals surface area contributed by atoms with Gasteiger partial charge in [-0.2, -0.15) is 0 Å². The highest BCUT2D eigenvalue weighted by Gasteiger charge is 2.27. The highest BCUT2D eigenvalue weighted by atomic mass is 79.9. The third-order valence-corrected chi connectivity index (χ3v) is 5.83. The molecule has 106 valence electrons. The van der Waals surface area contributed by atoms with Crippen molar-refractivity contribution in [3.63, 3.8) is 0 Å². The maximum Gasteiger partial charge on any atom is 0.120 e. The van der Waals surface area contributed by atoms with E-state index >= 15 is 0 Å². The van der Waals surface area contributed by atoms with Gasteiger partial charge in [-0.15, -0.1) is 0 Å². The van der Waals surface area contributed by atoms with E-state index in [4.69, 9.17) is 4.74 Å². The summed E-state index contributed by atoms with van der Waals surface area (Å²) in [6.45, 7) is 3.13. The number of rotatable bonds is 5. The fraction of sp³-hybridized carbons (Fsp3) is 0.625. The van der Waals surface area contributed by atoms with Gasteiger partial charge in [0, 0.05) is 9.30 Å². The Hall–Kier alpha value is -0.0200. The molecule has 0 amide bonds. The van der Waals surface area contributed by atoms with E-state index in [0.29, 0.717) is 4.83 Å². The average Bonchev–Trinajstić information content (AvgIpc) is 2.41. The van der Waals surface area contributed by atoms with Gasteiger partial charge >= 0.3 is 0 Å². The second-order valence-electron chi connectivity index (χ2n) is 5.46. The molecular formula is C16H22Br2O. The zero-order valence-electron chi connectivity index (χ0n) is 11.4. The second-order valence-corrected chi connectivity index (χ2v) is 7.55. The predicted molar refractivity (Wildman–Crippen MR) is 88.1 cm³/mol. The number of benzene rings is 1. The molecule has 1 aromatic rings. The molecule has 3 heteroatoms. The fourth-order valence-electron chi connectivity index (χ4n) is 2.88. The van der Waals surface area contributed by atoms with Gasteiger partial charge in [0.1, 0.15) is 5.75 Å². The number of ether oxygens (including phenoxy) is 1.